The Morgan fingerprint density at radius 3 is 1.96 bits per heavy atom. The molecule has 0 fully saturated rings. The van der Waals surface area contributed by atoms with Crippen LogP contribution in [0.25, 0.3) is 6.08 Å². The van der Waals surface area contributed by atoms with Gasteiger partial charge in [0.1, 0.15) is 19.0 Å². The van der Waals surface area contributed by atoms with Crippen molar-refractivity contribution >= 4 is 6.08 Å². The van der Waals surface area contributed by atoms with E-state index in [-0.39, 0.29) is 5.41 Å². The van der Waals surface area contributed by atoms with E-state index in [1.54, 1.807) is 0 Å². The predicted octanol–water partition coefficient (Wildman–Crippen LogP) is 5.19. The first-order valence-corrected chi connectivity index (χ1v) is 7.77. The number of hydrogen-bond acceptors (Lipinski definition) is 2. The first kappa shape index (κ1) is 16.9. The van der Waals surface area contributed by atoms with E-state index in [9.17, 15) is 0 Å². The molecule has 0 saturated heterocycles. The van der Waals surface area contributed by atoms with E-state index in [1.807, 2.05) is 18.2 Å². The van der Waals surface area contributed by atoms with Crippen LogP contribution in [0, 0.1) is 0 Å². The van der Waals surface area contributed by atoms with Crippen LogP contribution in [0.15, 0.2) is 68.0 Å². The Kier molecular flexibility index (Phi) is 5.64. The average molecular weight is 308 g/mol. The Labute approximate surface area is 139 Å². The van der Waals surface area contributed by atoms with Crippen molar-refractivity contribution in [2.45, 2.75) is 19.3 Å². The molecule has 0 atom stereocenters. The van der Waals surface area contributed by atoms with Gasteiger partial charge in [-0.05, 0) is 28.8 Å². The molecule has 0 bridgehead atoms. The molecule has 0 aliphatic carbocycles. The topological polar surface area (TPSA) is 18.5 Å². The molecule has 0 aliphatic rings. The molecule has 0 spiro atoms. The zero-order valence-corrected chi connectivity index (χ0v) is 13.9. The van der Waals surface area contributed by atoms with Crippen LogP contribution < -0.4 is 4.74 Å². The van der Waals surface area contributed by atoms with E-state index in [4.69, 9.17) is 9.47 Å². The van der Waals surface area contributed by atoms with Gasteiger partial charge in [-0.1, -0.05) is 69.5 Å². The van der Waals surface area contributed by atoms with E-state index in [0.717, 1.165) is 11.3 Å². The minimum Gasteiger partial charge on any atom is -0.498 e. The van der Waals surface area contributed by atoms with Gasteiger partial charge in [0.15, 0.2) is 0 Å². The van der Waals surface area contributed by atoms with Crippen molar-refractivity contribution in [2.75, 3.05) is 13.2 Å². The fourth-order valence-electron chi connectivity index (χ4n) is 2.46. The van der Waals surface area contributed by atoms with Gasteiger partial charge in [-0.15, -0.1) is 0 Å². The highest BCUT2D eigenvalue weighted by Gasteiger charge is 2.22. The summed E-state index contributed by atoms with van der Waals surface area (Å²) in [7, 11) is 0. The molecule has 0 amide bonds. The van der Waals surface area contributed by atoms with E-state index in [0.29, 0.717) is 13.2 Å². The molecule has 0 radical (unpaired) electrons. The number of ether oxygens (including phenoxy) is 2. The smallest absolute Gasteiger partial charge is 0.122 e. The van der Waals surface area contributed by atoms with Crippen molar-refractivity contribution in [3.8, 4) is 5.75 Å². The van der Waals surface area contributed by atoms with Gasteiger partial charge in [0, 0.05) is 5.41 Å². The molecular formula is C21H24O2. The molecule has 0 heterocycles. The summed E-state index contributed by atoms with van der Waals surface area (Å²) in [5, 5.41) is 0. The minimum absolute atomic E-state index is 0.0653. The SMILES string of the molecule is C=COCCOc1ccc(C(C)(C)c2ccc(C=C)cc2)cc1. The molecule has 2 heteroatoms. The summed E-state index contributed by atoms with van der Waals surface area (Å²) in [6.45, 7) is 12.8. The van der Waals surface area contributed by atoms with Gasteiger partial charge >= 0.3 is 0 Å². The van der Waals surface area contributed by atoms with Crippen molar-refractivity contribution in [2.24, 2.45) is 0 Å². The van der Waals surface area contributed by atoms with Gasteiger partial charge < -0.3 is 9.47 Å². The van der Waals surface area contributed by atoms with E-state index < -0.39 is 0 Å². The second-order valence-corrected chi connectivity index (χ2v) is 5.86. The molecule has 120 valence electrons. The quantitative estimate of drug-likeness (QED) is 0.493. The minimum atomic E-state index is -0.0653. The molecule has 2 nitrogen and oxygen atoms in total. The molecule has 2 aromatic rings. The van der Waals surface area contributed by atoms with Crippen molar-refractivity contribution < 1.29 is 9.47 Å². The third-order valence-corrected chi connectivity index (χ3v) is 4.03. The number of rotatable bonds is 8. The van der Waals surface area contributed by atoms with Crippen LogP contribution in [0.3, 0.4) is 0 Å². The van der Waals surface area contributed by atoms with Crippen LogP contribution in [0.5, 0.6) is 5.75 Å². The Morgan fingerprint density at radius 2 is 1.43 bits per heavy atom. The predicted molar refractivity (Wildman–Crippen MR) is 96.7 cm³/mol. The lowest BCUT2D eigenvalue weighted by Crippen LogP contribution is -2.18. The van der Waals surface area contributed by atoms with Crippen LogP contribution in [-0.2, 0) is 10.2 Å². The Bertz CT molecular complexity index is 637. The summed E-state index contributed by atoms with van der Waals surface area (Å²) >= 11 is 0. The molecule has 0 unspecified atom stereocenters. The molecule has 0 aliphatic heterocycles. The van der Waals surface area contributed by atoms with Gasteiger partial charge in [-0.2, -0.15) is 0 Å². The Morgan fingerprint density at radius 1 is 0.870 bits per heavy atom. The summed E-state index contributed by atoms with van der Waals surface area (Å²) in [5.41, 5.74) is 3.59. The zero-order valence-electron chi connectivity index (χ0n) is 13.9. The summed E-state index contributed by atoms with van der Waals surface area (Å²) in [4.78, 5) is 0. The highest BCUT2D eigenvalue weighted by Crippen LogP contribution is 2.32. The first-order chi connectivity index (χ1) is 11.1. The maximum Gasteiger partial charge on any atom is 0.122 e. The summed E-state index contributed by atoms with van der Waals surface area (Å²) in [6.07, 6.45) is 3.28. The second-order valence-electron chi connectivity index (χ2n) is 5.86. The van der Waals surface area contributed by atoms with Crippen molar-refractivity contribution in [1.82, 2.24) is 0 Å². The van der Waals surface area contributed by atoms with Gasteiger partial charge in [0.05, 0.1) is 6.26 Å². The average Bonchev–Trinajstić information content (AvgIpc) is 2.59. The van der Waals surface area contributed by atoms with E-state index in [1.165, 1.54) is 17.4 Å². The monoisotopic (exact) mass is 308 g/mol. The molecule has 2 aromatic carbocycles. The molecule has 0 N–H and O–H groups in total. The van der Waals surface area contributed by atoms with Crippen molar-refractivity contribution in [1.29, 1.82) is 0 Å². The molecular weight excluding hydrogens is 284 g/mol. The van der Waals surface area contributed by atoms with Crippen LogP contribution in [-0.4, -0.2) is 13.2 Å². The van der Waals surface area contributed by atoms with Gasteiger partial charge in [-0.25, -0.2) is 0 Å². The Balaban J connectivity index is 2.09. The first-order valence-electron chi connectivity index (χ1n) is 7.77. The van der Waals surface area contributed by atoms with E-state index >= 15 is 0 Å². The van der Waals surface area contributed by atoms with E-state index in [2.05, 4.69) is 63.4 Å². The lowest BCUT2D eigenvalue weighted by Gasteiger charge is -2.26. The fraction of sp³-hybridized carbons (Fsp3) is 0.238. The second kappa shape index (κ2) is 7.68. The lowest BCUT2D eigenvalue weighted by atomic mass is 9.78. The number of benzene rings is 2. The maximum absolute atomic E-state index is 5.63. The summed E-state index contributed by atoms with van der Waals surface area (Å²) in [5.74, 6) is 0.846. The molecule has 0 aromatic heterocycles. The van der Waals surface area contributed by atoms with Gasteiger partial charge in [0.2, 0.25) is 0 Å². The zero-order chi connectivity index (χ0) is 16.7. The van der Waals surface area contributed by atoms with Crippen molar-refractivity contribution in [3.05, 3.63) is 84.6 Å². The van der Waals surface area contributed by atoms with Gasteiger partial charge in [-0.3, -0.25) is 0 Å². The highest BCUT2D eigenvalue weighted by atomic mass is 16.5. The standard InChI is InChI=1S/C21H24O2/c1-5-17-7-9-18(10-8-17)21(3,4)19-11-13-20(14-12-19)23-16-15-22-6-2/h5-14H,1-2,15-16H2,3-4H3. The van der Waals surface area contributed by atoms with Crippen LogP contribution in [0.2, 0.25) is 0 Å². The highest BCUT2D eigenvalue weighted by molar-refractivity contribution is 5.49. The normalized spacial score (nSPS) is 10.9. The third-order valence-electron chi connectivity index (χ3n) is 4.03. The fourth-order valence-corrected chi connectivity index (χ4v) is 2.46. The largest absolute Gasteiger partial charge is 0.498 e. The third kappa shape index (κ3) is 4.26. The summed E-state index contributed by atoms with van der Waals surface area (Å²) in [6, 6.07) is 16.8. The Hall–Kier alpha value is -2.48. The summed E-state index contributed by atoms with van der Waals surface area (Å²) < 4.78 is 10.7. The number of hydrogen-bond donors (Lipinski definition) is 0. The van der Waals surface area contributed by atoms with Crippen LogP contribution in [0.4, 0.5) is 0 Å². The lowest BCUT2D eigenvalue weighted by molar-refractivity contribution is 0.179. The molecule has 23 heavy (non-hydrogen) atoms. The maximum atomic E-state index is 5.63. The van der Waals surface area contributed by atoms with Crippen molar-refractivity contribution in [3.63, 3.8) is 0 Å². The van der Waals surface area contributed by atoms with Crippen LogP contribution in [0.1, 0.15) is 30.5 Å². The van der Waals surface area contributed by atoms with Gasteiger partial charge in [0.25, 0.3) is 0 Å². The molecule has 0 saturated carbocycles. The van der Waals surface area contributed by atoms with Crippen LogP contribution >= 0.6 is 0 Å². The molecule has 2 rings (SSSR count).